The molecule has 1 saturated carbocycles. The summed E-state index contributed by atoms with van der Waals surface area (Å²) in [5.41, 5.74) is 0. The van der Waals surface area contributed by atoms with Crippen LogP contribution in [0, 0.1) is 23.2 Å². The van der Waals surface area contributed by atoms with Crippen LogP contribution in [0.25, 0.3) is 0 Å². The van der Waals surface area contributed by atoms with Crippen LogP contribution in [0.3, 0.4) is 0 Å². The lowest BCUT2D eigenvalue weighted by Crippen LogP contribution is -2.09. The Morgan fingerprint density at radius 2 is 2.30 bits per heavy atom. The molecular weight excluding hydrogens is 130 g/mol. The molecule has 3 nitrogen and oxygen atoms in total. The summed E-state index contributed by atoms with van der Waals surface area (Å²) < 4.78 is 0. The standard InChI is InChI=1S/C7H9NO2/c8-4-5-1-2-6(3-5)7(9)10/h5-6H,1-3H2,(H,9,10). The molecule has 0 aliphatic heterocycles. The number of carboxylic acid groups (broad SMARTS) is 1. The summed E-state index contributed by atoms with van der Waals surface area (Å²) in [6.45, 7) is 0. The highest BCUT2D eigenvalue weighted by molar-refractivity contribution is 5.70. The lowest BCUT2D eigenvalue weighted by atomic mass is 10.1. The summed E-state index contributed by atoms with van der Waals surface area (Å²) in [6, 6.07) is 2.09. The van der Waals surface area contributed by atoms with Crippen LogP contribution >= 0.6 is 0 Å². The zero-order valence-corrected chi connectivity index (χ0v) is 5.58. The smallest absolute Gasteiger partial charge is 0.306 e. The van der Waals surface area contributed by atoms with Gasteiger partial charge >= 0.3 is 5.97 Å². The third kappa shape index (κ3) is 1.27. The van der Waals surface area contributed by atoms with Gasteiger partial charge in [-0.25, -0.2) is 0 Å². The summed E-state index contributed by atoms with van der Waals surface area (Å²) in [6.07, 6.45) is 1.98. The fraction of sp³-hybridized carbons (Fsp3) is 0.714. The van der Waals surface area contributed by atoms with Crippen LogP contribution in [0.4, 0.5) is 0 Å². The highest BCUT2D eigenvalue weighted by Crippen LogP contribution is 2.29. The van der Waals surface area contributed by atoms with Gasteiger partial charge in [0.15, 0.2) is 0 Å². The number of carbonyl (C=O) groups is 1. The summed E-state index contributed by atoms with van der Waals surface area (Å²) in [5, 5.41) is 16.9. The molecule has 0 spiro atoms. The lowest BCUT2D eigenvalue weighted by Gasteiger charge is -1.98. The second kappa shape index (κ2) is 2.70. The van der Waals surface area contributed by atoms with E-state index < -0.39 is 5.97 Å². The van der Waals surface area contributed by atoms with Crippen LogP contribution in [-0.4, -0.2) is 11.1 Å². The first-order chi connectivity index (χ1) is 4.74. The topological polar surface area (TPSA) is 61.1 Å². The largest absolute Gasteiger partial charge is 0.481 e. The maximum absolute atomic E-state index is 10.4. The second-order valence-corrected chi connectivity index (χ2v) is 2.67. The van der Waals surface area contributed by atoms with Gasteiger partial charge in [-0.3, -0.25) is 4.79 Å². The molecule has 3 heteroatoms. The van der Waals surface area contributed by atoms with Crippen molar-refractivity contribution in [3.63, 3.8) is 0 Å². The van der Waals surface area contributed by atoms with Crippen molar-refractivity contribution in [2.24, 2.45) is 11.8 Å². The number of nitrogens with zero attached hydrogens (tertiary/aromatic N) is 1. The molecule has 0 aromatic rings. The molecule has 1 aliphatic rings. The van der Waals surface area contributed by atoms with Crippen LogP contribution in [0.1, 0.15) is 19.3 Å². The Hall–Kier alpha value is -1.04. The number of hydrogen-bond acceptors (Lipinski definition) is 2. The summed E-state index contributed by atoms with van der Waals surface area (Å²) in [7, 11) is 0. The van der Waals surface area contributed by atoms with Gasteiger partial charge in [0, 0.05) is 5.92 Å². The Bertz CT molecular complexity index is 183. The highest BCUT2D eigenvalue weighted by atomic mass is 16.4. The van der Waals surface area contributed by atoms with Crippen LogP contribution in [-0.2, 0) is 4.79 Å². The normalized spacial score (nSPS) is 31.5. The number of aliphatic carboxylic acids is 1. The SMILES string of the molecule is N#CC1CCC(C(=O)O)C1. The van der Waals surface area contributed by atoms with Gasteiger partial charge in [-0.1, -0.05) is 0 Å². The van der Waals surface area contributed by atoms with Gasteiger partial charge in [0.05, 0.1) is 12.0 Å². The zero-order chi connectivity index (χ0) is 7.56. The number of carboxylic acids is 1. The second-order valence-electron chi connectivity index (χ2n) is 2.67. The number of hydrogen-bond donors (Lipinski definition) is 1. The number of nitriles is 1. The average molecular weight is 139 g/mol. The molecule has 54 valence electrons. The molecule has 0 bridgehead atoms. The van der Waals surface area contributed by atoms with Gasteiger partial charge in [0.25, 0.3) is 0 Å². The van der Waals surface area contributed by atoms with E-state index in [1.165, 1.54) is 0 Å². The molecule has 1 rings (SSSR count). The highest BCUT2D eigenvalue weighted by Gasteiger charge is 2.29. The zero-order valence-electron chi connectivity index (χ0n) is 5.58. The van der Waals surface area contributed by atoms with Crippen molar-refractivity contribution in [2.45, 2.75) is 19.3 Å². The Morgan fingerprint density at radius 3 is 2.60 bits per heavy atom. The summed E-state index contributed by atoms with van der Waals surface area (Å²) >= 11 is 0. The van der Waals surface area contributed by atoms with E-state index in [-0.39, 0.29) is 11.8 Å². The Morgan fingerprint density at radius 1 is 1.60 bits per heavy atom. The van der Waals surface area contributed by atoms with E-state index in [0.717, 1.165) is 6.42 Å². The molecule has 1 fully saturated rings. The lowest BCUT2D eigenvalue weighted by molar-refractivity contribution is -0.141. The van der Waals surface area contributed by atoms with E-state index >= 15 is 0 Å². The molecule has 0 aromatic carbocycles. The van der Waals surface area contributed by atoms with Gasteiger partial charge < -0.3 is 5.11 Å². The predicted octanol–water partition coefficient (Wildman–Crippen LogP) is 1.01. The van der Waals surface area contributed by atoms with Crippen LogP contribution < -0.4 is 0 Å². The van der Waals surface area contributed by atoms with Crippen LogP contribution in [0.15, 0.2) is 0 Å². The first-order valence-corrected chi connectivity index (χ1v) is 3.36. The van der Waals surface area contributed by atoms with E-state index in [1.54, 1.807) is 0 Å². The van der Waals surface area contributed by atoms with Crippen molar-refractivity contribution in [2.75, 3.05) is 0 Å². The van der Waals surface area contributed by atoms with Crippen molar-refractivity contribution < 1.29 is 9.90 Å². The van der Waals surface area contributed by atoms with E-state index in [0.29, 0.717) is 12.8 Å². The molecule has 2 atom stereocenters. The molecule has 1 N–H and O–H groups in total. The van der Waals surface area contributed by atoms with E-state index in [2.05, 4.69) is 6.07 Å². The fourth-order valence-electron chi connectivity index (χ4n) is 1.32. The van der Waals surface area contributed by atoms with Crippen molar-refractivity contribution >= 4 is 5.97 Å². The molecule has 0 heterocycles. The van der Waals surface area contributed by atoms with Gasteiger partial charge in [-0.15, -0.1) is 0 Å². The predicted molar refractivity (Wildman–Crippen MR) is 34.1 cm³/mol. The Kier molecular flexibility index (Phi) is 1.91. The van der Waals surface area contributed by atoms with Gasteiger partial charge in [0.2, 0.25) is 0 Å². The van der Waals surface area contributed by atoms with Crippen LogP contribution in [0.2, 0.25) is 0 Å². The molecule has 10 heavy (non-hydrogen) atoms. The van der Waals surface area contributed by atoms with Crippen LogP contribution in [0.5, 0.6) is 0 Å². The van der Waals surface area contributed by atoms with E-state index in [1.807, 2.05) is 0 Å². The maximum atomic E-state index is 10.4. The molecule has 1 aliphatic carbocycles. The van der Waals surface area contributed by atoms with Crippen molar-refractivity contribution in [1.82, 2.24) is 0 Å². The minimum Gasteiger partial charge on any atom is -0.481 e. The van der Waals surface area contributed by atoms with Crippen molar-refractivity contribution in [3.8, 4) is 6.07 Å². The third-order valence-corrected chi connectivity index (χ3v) is 1.96. The van der Waals surface area contributed by atoms with Gasteiger partial charge in [0.1, 0.15) is 0 Å². The van der Waals surface area contributed by atoms with E-state index in [9.17, 15) is 4.79 Å². The maximum Gasteiger partial charge on any atom is 0.306 e. The fourth-order valence-corrected chi connectivity index (χ4v) is 1.32. The summed E-state index contributed by atoms with van der Waals surface area (Å²) in [4.78, 5) is 10.4. The first-order valence-electron chi connectivity index (χ1n) is 3.36. The Balaban J connectivity index is 2.45. The quantitative estimate of drug-likeness (QED) is 0.589. The van der Waals surface area contributed by atoms with Gasteiger partial charge in [-0.05, 0) is 19.3 Å². The van der Waals surface area contributed by atoms with E-state index in [4.69, 9.17) is 10.4 Å². The van der Waals surface area contributed by atoms with Gasteiger partial charge in [-0.2, -0.15) is 5.26 Å². The molecule has 0 aromatic heterocycles. The Labute approximate surface area is 59.3 Å². The minimum atomic E-state index is -0.752. The summed E-state index contributed by atoms with van der Waals surface area (Å²) in [5.74, 6) is -1.02. The monoisotopic (exact) mass is 139 g/mol. The average Bonchev–Trinajstić information content (AvgIpc) is 2.34. The first kappa shape index (κ1) is 7.07. The molecule has 0 saturated heterocycles. The van der Waals surface area contributed by atoms with Crippen molar-refractivity contribution in [3.05, 3.63) is 0 Å². The molecule has 0 radical (unpaired) electrons. The third-order valence-electron chi connectivity index (χ3n) is 1.96. The molecule has 0 amide bonds. The molecular formula is C7H9NO2. The molecule has 2 unspecified atom stereocenters. The van der Waals surface area contributed by atoms with Crippen molar-refractivity contribution in [1.29, 1.82) is 5.26 Å². The number of rotatable bonds is 1. The minimum absolute atomic E-state index is 0.0129.